The molecule has 32 heavy (non-hydrogen) atoms. The molecular weight excluding hydrogens is 436 g/mol. The van der Waals surface area contributed by atoms with Crippen molar-refractivity contribution in [2.45, 2.75) is 65.3 Å². The molecule has 2 heterocycles. The highest BCUT2D eigenvalue weighted by Gasteiger charge is 2.29. The molecule has 0 aromatic carbocycles. The number of carbonyl (C=O) groups is 2. The fourth-order valence-corrected chi connectivity index (χ4v) is 5.01. The Labute approximate surface area is 189 Å². The highest BCUT2D eigenvalue weighted by molar-refractivity contribution is 7.89. The lowest BCUT2D eigenvalue weighted by Crippen LogP contribution is -2.32. The van der Waals surface area contributed by atoms with E-state index in [1.54, 1.807) is 0 Å². The van der Waals surface area contributed by atoms with Crippen molar-refractivity contribution in [2.75, 3.05) is 25.4 Å². The standard InChI is InChI=1S/C21H34N4O6S/c1-14(2)11-17(19-15(3)20(31-23-19)30-13-16-7-8-16)24-32(28,29)10-6-4-5-9-25-12-18(26)22-21(25)27/h14,16-17,24H,4-13H2,1-3H3,(H,22,26,27)/t17-/m1/s1. The van der Waals surface area contributed by atoms with E-state index in [0.29, 0.717) is 56.4 Å². The third kappa shape index (κ3) is 7.19. The number of hydrogen-bond acceptors (Lipinski definition) is 7. The van der Waals surface area contributed by atoms with Crippen molar-refractivity contribution in [2.24, 2.45) is 11.8 Å². The molecule has 1 saturated carbocycles. The van der Waals surface area contributed by atoms with Crippen molar-refractivity contribution in [3.05, 3.63) is 11.3 Å². The molecule has 1 aromatic heterocycles. The molecule has 0 radical (unpaired) electrons. The number of urea groups is 1. The average Bonchev–Trinajstić information content (AvgIpc) is 3.37. The summed E-state index contributed by atoms with van der Waals surface area (Å²) in [6.45, 7) is 7.00. The van der Waals surface area contributed by atoms with Gasteiger partial charge in [0, 0.05) is 6.54 Å². The number of imide groups is 1. The molecule has 1 aliphatic carbocycles. The monoisotopic (exact) mass is 470 g/mol. The van der Waals surface area contributed by atoms with Gasteiger partial charge in [0.15, 0.2) is 0 Å². The minimum absolute atomic E-state index is 0.0192. The average molecular weight is 471 g/mol. The van der Waals surface area contributed by atoms with E-state index in [-0.39, 0.29) is 30.2 Å². The summed E-state index contributed by atoms with van der Waals surface area (Å²) in [6.07, 6.45) is 4.65. The summed E-state index contributed by atoms with van der Waals surface area (Å²) in [5.74, 6) is 0.873. The maximum Gasteiger partial charge on any atom is 0.324 e. The first-order chi connectivity index (χ1) is 15.1. The molecule has 0 spiro atoms. The predicted octanol–water partition coefficient (Wildman–Crippen LogP) is 2.50. The van der Waals surface area contributed by atoms with Crippen molar-refractivity contribution in [3.8, 4) is 5.95 Å². The van der Waals surface area contributed by atoms with Crippen LogP contribution in [0.2, 0.25) is 0 Å². The second-order valence-electron chi connectivity index (χ2n) is 9.19. The van der Waals surface area contributed by atoms with Crippen LogP contribution in [0.3, 0.4) is 0 Å². The molecule has 0 unspecified atom stereocenters. The highest BCUT2D eigenvalue weighted by atomic mass is 32.2. The molecule has 2 N–H and O–H groups in total. The van der Waals surface area contributed by atoms with Gasteiger partial charge in [0.2, 0.25) is 15.9 Å². The van der Waals surface area contributed by atoms with Gasteiger partial charge in [0.1, 0.15) is 12.2 Å². The summed E-state index contributed by atoms with van der Waals surface area (Å²) in [5.41, 5.74) is 1.30. The summed E-state index contributed by atoms with van der Waals surface area (Å²) >= 11 is 0. The molecule has 11 heteroatoms. The van der Waals surface area contributed by atoms with Crippen molar-refractivity contribution < 1.29 is 27.3 Å². The van der Waals surface area contributed by atoms with Gasteiger partial charge >= 0.3 is 12.0 Å². The Morgan fingerprint density at radius 2 is 2.00 bits per heavy atom. The Balaban J connectivity index is 1.50. The predicted molar refractivity (Wildman–Crippen MR) is 118 cm³/mol. The zero-order chi connectivity index (χ0) is 23.3. The SMILES string of the molecule is Cc1c([C@@H](CC(C)C)NS(=O)(=O)CCCCCN2CC(=O)NC2=O)noc1OCC1CC1. The van der Waals surface area contributed by atoms with Crippen LogP contribution in [0.1, 0.15) is 69.7 Å². The molecule has 1 aromatic rings. The Kier molecular flexibility index (Phi) is 8.16. The molecular formula is C21H34N4O6S. The first-order valence-electron chi connectivity index (χ1n) is 11.3. The summed E-state index contributed by atoms with van der Waals surface area (Å²) in [7, 11) is -3.54. The van der Waals surface area contributed by atoms with Crippen LogP contribution in [-0.2, 0) is 14.8 Å². The molecule has 2 aliphatic rings. The molecule has 0 bridgehead atoms. The largest absolute Gasteiger partial charge is 0.463 e. The van der Waals surface area contributed by atoms with Gasteiger partial charge in [-0.3, -0.25) is 10.1 Å². The van der Waals surface area contributed by atoms with E-state index in [1.807, 2.05) is 20.8 Å². The van der Waals surface area contributed by atoms with Crippen LogP contribution < -0.4 is 14.8 Å². The highest BCUT2D eigenvalue weighted by Crippen LogP contribution is 2.33. The maximum absolute atomic E-state index is 12.7. The number of rotatable bonds is 14. The number of aromatic nitrogens is 1. The van der Waals surface area contributed by atoms with Gasteiger partial charge < -0.3 is 14.2 Å². The number of hydrogen-bond donors (Lipinski definition) is 2. The second kappa shape index (κ2) is 10.7. The van der Waals surface area contributed by atoms with Crippen LogP contribution in [0.4, 0.5) is 4.79 Å². The summed E-state index contributed by atoms with van der Waals surface area (Å²) in [4.78, 5) is 24.2. The first kappa shape index (κ1) is 24.5. The van der Waals surface area contributed by atoms with Gasteiger partial charge in [-0.2, -0.15) is 0 Å². The molecule has 1 aliphatic heterocycles. The van der Waals surface area contributed by atoms with E-state index in [2.05, 4.69) is 15.2 Å². The first-order valence-corrected chi connectivity index (χ1v) is 13.0. The van der Waals surface area contributed by atoms with Crippen molar-refractivity contribution in [1.29, 1.82) is 0 Å². The van der Waals surface area contributed by atoms with Gasteiger partial charge in [-0.15, -0.1) is 0 Å². The fraction of sp³-hybridized carbons (Fsp3) is 0.762. The van der Waals surface area contributed by atoms with E-state index in [4.69, 9.17) is 9.26 Å². The minimum Gasteiger partial charge on any atom is -0.463 e. The van der Waals surface area contributed by atoms with Gasteiger partial charge in [0.25, 0.3) is 0 Å². The molecule has 1 atom stereocenters. The molecule has 2 fully saturated rings. The van der Waals surface area contributed by atoms with Gasteiger partial charge in [-0.05, 0) is 50.9 Å². The number of sulfonamides is 1. The van der Waals surface area contributed by atoms with E-state index in [9.17, 15) is 18.0 Å². The molecule has 3 amide bonds. The third-order valence-electron chi connectivity index (χ3n) is 5.63. The van der Waals surface area contributed by atoms with Crippen molar-refractivity contribution >= 4 is 22.0 Å². The second-order valence-corrected chi connectivity index (χ2v) is 11.1. The number of nitrogens with zero attached hydrogens (tertiary/aromatic N) is 2. The summed E-state index contributed by atoms with van der Waals surface area (Å²) in [5, 5.41) is 6.35. The quantitative estimate of drug-likeness (QED) is 0.315. The Morgan fingerprint density at radius 1 is 1.25 bits per heavy atom. The number of nitrogens with one attached hydrogen (secondary N) is 2. The normalized spacial score (nSPS) is 17.8. The molecule has 10 nitrogen and oxygen atoms in total. The number of ether oxygens (including phenoxy) is 1. The number of carbonyl (C=O) groups excluding carboxylic acids is 2. The number of amides is 3. The lowest BCUT2D eigenvalue weighted by Gasteiger charge is -2.19. The van der Waals surface area contributed by atoms with Crippen LogP contribution in [0.5, 0.6) is 5.95 Å². The van der Waals surface area contributed by atoms with Crippen molar-refractivity contribution in [1.82, 2.24) is 20.1 Å². The zero-order valence-electron chi connectivity index (χ0n) is 19.1. The van der Waals surface area contributed by atoms with Gasteiger partial charge in [0.05, 0.1) is 24.0 Å². The minimum atomic E-state index is -3.54. The lowest BCUT2D eigenvalue weighted by molar-refractivity contribution is -0.118. The van der Waals surface area contributed by atoms with Crippen LogP contribution >= 0.6 is 0 Å². The molecule has 3 rings (SSSR count). The smallest absolute Gasteiger partial charge is 0.324 e. The van der Waals surface area contributed by atoms with Gasteiger partial charge in [-0.25, -0.2) is 17.9 Å². The van der Waals surface area contributed by atoms with E-state index in [0.717, 1.165) is 5.56 Å². The summed E-state index contributed by atoms with van der Waals surface area (Å²) < 4.78 is 39.3. The molecule has 1 saturated heterocycles. The third-order valence-corrected chi connectivity index (χ3v) is 7.10. The Hall–Kier alpha value is -2.14. The van der Waals surface area contributed by atoms with Crippen LogP contribution in [0, 0.1) is 18.8 Å². The maximum atomic E-state index is 12.7. The van der Waals surface area contributed by atoms with Crippen LogP contribution in [-0.4, -0.2) is 55.9 Å². The topological polar surface area (TPSA) is 131 Å². The lowest BCUT2D eigenvalue weighted by atomic mass is 10.00. The fourth-order valence-electron chi connectivity index (χ4n) is 3.67. The molecule has 180 valence electrons. The van der Waals surface area contributed by atoms with E-state index in [1.165, 1.54) is 17.7 Å². The van der Waals surface area contributed by atoms with E-state index < -0.39 is 16.1 Å². The zero-order valence-corrected chi connectivity index (χ0v) is 19.9. The Bertz CT molecular complexity index is 909. The van der Waals surface area contributed by atoms with E-state index >= 15 is 0 Å². The van der Waals surface area contributed by atoms with Crippen molar-refractivity contribution in [3.63, 3.8) is 0 Å². The van der Waals surface area contributed by atoms with Gasteiger partial charge in [-0.1, -0.05) is 25.4 Å². The summed E-state index contributed by atoms with van der Waals surface area (Å²) in [6, 6.07) is -0.870. The van der Waals surface area contributed by atoms with Crippen LogP contribution in [0.25, 0.3) is 0 Å². The number of unbranched alkanes of at least 4 members (excludes halogenated alkanes) is 2. The van der Waals surface area contributed by atoms with Crippen LogP contribution in [0.15, 0.2) is 4.52 Å². The Morgan fingerprint density at radius 3 is 2.62 bits per heavy atom.